The van der Waals surface area contributed by atoms with Gasteiger partial charge in [-0.05, 0) is 37.7 Å². The average molecular weight is 314 g/mol. The first-order valence-corrected chi connectivity index (χ1v) is 7.62. The summed E-state index contributed by atoms with van der Waals surface area (Å²) < 4.78 is 26.9. The number of alkyl halides is 2. The summed E-state index contributed by atoms with van der Waals surface area (Å²) in [6.45, 7) is 2.20. The van der Waals surface area contributed by atoms with Crippen molar-refractivity contribution < 1.29 is 13.6 Å². The zero-order valence-corrected chi connectivity index (χ0v) is 12.9. The molecule has 7 heteroatoms. The minimum absolute atomic E-state index is 0.103. The fourth-order valence-corrected chi connectivity index (χ4v) is 2.81. The smallest absolute Gasteiger partial charge is 0.252 e. The van der Waals surface area contributed by atoms with Crippen LogP contribution in [0.2, 0.25) is 0 Å². The molecule has 22 heavy (non-hydrogen) atoms. The first-order chi connectivity index (χ1) is 10.2. The maximum absolute atomic E-state index is 13.5. The molecular formula is C15H24F2N4O. The van der Waals surface area contributed by atoms with Gasteiger partial charge in [0.05, 0.1) is 5.57 Å². The molecule has 2 fully saturated rings. The van der Waals surface area contributed by atoms with Crippen molar-refractivity contribution in [3.05, 3.63) is 22.7 Å². The monoisotopic (exact) mass is 314 g/mol. The van der Waals surface area contributed by atoms with Gasteiger partial charge in [-0.2, -0.15) is 0 Å². The molecule has 6 N–H and O–H groups in total. The van der Waals surface area contributed by atoms with Crippen molar-refractivity contribution in [2.24, 2.45) is 23.1 Å². The molecule has 0 spiro atoms. The average Bonchev–Trinajstić information content (AvgIpc) is 3.24. The number of hydrogen-bond acceptors (Lipinski definition) is 4. The van der Waals surface area contributed by atoms with Gasteiger partial charge >= 0.3 is 0 Å². The van der Waals surface area contributed by atoms with Gasteiger partial charge in [0.25, 0.3) is 5.91 Å². The van der Waals surface area contributed by atoms with E-state index in [0.29, 0.717) is 24.2 Å². The van der Waals surface area contributed by atoms with Gasteiger partial charge in [-0.25, -0.2) is 8.78 Å². The van der Waals surface area contributed by atoms with E-state index in [9.17, 15) is 13.6 Å². The molecule has 124 valence electrons. The van der Waals surface area contributed by atoms with Crippen LogP contribution in [-0.2, 0) is 4.79 Å². The van der Waals surface area contributed by atoms with Gasteiger partial charge in [0.2, 0.25) is 5.92 Å². The highest BCUT2D eigenvalue weighted by atomic mass is 19.3. The molecule has 1 amide bonds. The Morgan fingerprint density at radius 3 is 2.32 bits per heavy atom. The van der Waals surface area contributed by atoms with E-state index in [4.69, 9.17) is 17.2 Å². The number of halogens is 2. The normalized spacial score (nSPS) is 24.2. The second kappa shape index (κ2) is 6.14. The zero-order valence-electron chi connectivity index (χ0n) is 12.9. The van der Waals surface area contributed by atoms with Crippen molar-refractivity contribution in [2.75, 3.05) is 13.1 Å². The Morgan fingerprint density at radius 1 is 1.14 bits per heavy atom. The number of nitrogens with two attached hydrogens (primary N) is 3. The van der Waals surface area contributed by atoms with Crippen molar-refractivity contribution in [2.45, 2.75) is 45.0 Å². The second-order valence-electron chi connectivity index (χ2n) is 6.18. The van der Waals surface area contributed by atoms with Gasteiger partial charge in [-0.15, -0.1) is 0 Å². The van der Waals surface area contributed by atoms with E-state index in [1.165, 1.54) is 0 Å². The van der Waals surface area contributed by atoms with Crippen LogP contribution in [0, 0.1) is 5.92 Å². The molecule has 1 saturated heterocycles. The van der Waals surface area contributed by atoms with Gasteiger partial charge in [0.1, 0.15) is 5.82 Å². The van der Waals surface area contributed by atoms with E-state index in [0.717, 1.165) is 12.8 Å². The van der Waals surface area contributed by atoms with Crippen LogP contribution >= 0.6 is 0 Å². The first kappa shape index (κ1) is 16.6. The number of nitrogens with zero attached hydrogens (tertiary/aromatic N) is 1. The van der Waals surface area contributed by atoms with Crippen LogP contribution in [0.3, 0.4) is 0 Å². The third kappa shape index (κ3) is 3.69. The number of allylic oxidation sites excluding steroid dienone is 1. The van der Waals surface area contributed by atoms with Crippen LogP contribution in [0.25, 0.3) is 0 Å². The Morgan fingerprint density at radius 2 is 1.77 bits per heavy atom. The van der Waals surface area contributed by atoms with E-state index >= 15 is 0 Å². The predicted molar refractivity (Wildman–Crippen MR) is 80.4 cm³/mol. The lowest BCUT2D eigenvalue weighted by Crippen LogP contribution is -2.34. The number of rotatable bonds is 4. The van der Waals surface area contributed by atoms with Gasteiger partial charge < -0.3 is 22.1 Å². The fraction of sp³-hybridized carbons (Fsp3) is 0.667. The summed E-state index contributed by atoms with van der Waals surface area (Å²) in [5.74, 6) is -2.92. The molecule has 0 aromatic heterocycles. The maximum atomic E-state index is 13.5. The van der Waals surface area contributed by atoms with E-state index in [1.54, 1.807) is 11.8 Å². The molecule has 1 saturated carbocycles. The Kier molecular flexibility index (Phi) is 4.63. The molecule has 0 unspecified atom stereocenters. The summed E-state index contributed by atoms with van der Waals surface area (Å²) in [4.78, 5) is 13.4. The number of carbonyl (C=O) groups is 1. The lowest BCUT2D eigenvalue weighted by molar-refractivity contribution is -0.114. The van der Waals surface area contributed by atoms with Gasteiger partial charge in [0.15, 0.2) is 0 Å². The summed E-state index contributed by atoms with van der Waals surface area (Å²) >= 11 is 0. The largest absolute Gasteiger partial charge is 0.402 e. The summed E-state index contributed by atoms with van der Waals surface area (Å²) in [5, 5.41) is 0. The van der Waals surface area contributed by atoms with Crippen LogP contribution in [0.4, 0.5) is 8.78 Å². The Balaban J connectivity index is 2.30. The molecule has 1 aliphatic heterocycles. The molecular weight excluding hydrogens is 290 g/mol. The number of likely N-dealkylation sites (tertiary alicyclic amines) is 1. The molecule has 5 nitrogen and oxygen atoms in total. The highest BCUT2D eigenvalue weighted by Crippen LogP contribution is 2.37. The van der Waals surface area contributed by atoms with Crippen LogP contribution in [-0.4, -0.2) is 29.8 Å². The van der Waals surface area contributed by atoms with E-state index in [2.05, 4.69) is 0 Å². The second-order valence-corrected chi connectivity index (χ2v) is 6.18. The molecule has 0 radical (unpaired) electrons. The standard InChI is InChI=1S/C15H24F2N4O/c1-9(12(18)10-3-4-10)11(14(20)22)13(19)21-7-2-5-15(16,17)6-8-21/h10H,2-8,18-19H2,1H3,(H2,20,22)/b12-9-,13-11-. The molecule has 2 rings (SSSR count). The van der Waals surface area contributed by atoms with E-state index in [1.807, 2.05) is 0 Å². The number of carbonyl (C=O) groups excluding carboxylic acids is 1. The third-order valence-corrected chi connectivity index (χ3v) is 4.39. The first-order valence-electron chi connectivity index (χ1n) is 7.62. The molecule has 0 bridgehead atoms. The van der Waals surface area contributed by atoms with E-state index in [-0.39, 0.29) is 36.7 Å². The Labute approximate surface area is 129 Å². The van der Waals surface area contributed by atoms with Crippen molar-refractivity contribution in [3.63, 3.8) is 0 Å². The highest BCUT2D eigenvalue weighted by molar-refractivity contribution is 5.97. The molecule has 1 aliphatic carbocycles. The van der Waals surface area contributed by atoms with Crippen LogP contribution in [0.15, 0.2) is 22.7 Å². The lowest BCUT2D eigenvalue weighted by Gasteiger charge is -2.25. The van der Waals surface area contributed by atoms with E-state index < -0.39 is 11.8 Å². The predicted octanol–water partition coefficient (Wildman–Crippen LogP) is 1.41. The van der Waals surface area contributed by atoms with Crippen molar-refractivity contribution in [1.82, 2.24) is 4.90 Å². The SMILES string of the molecule is CC(/C(C(N)=O)=C(\N)N1CCCC(F)(F)CC1)=C(/N)C1CC1. The van der Waals surface area contributed by atoms with Crippen molar-refractivity contribution >= 4 is 5.91 Å². The summed E-state index contributed by atoms with van der Waals surface area (Å²) in [6, 6.07) is 0. The zero-order chi connectivity index (χ0) is 16.5. The summed E-state index contributed by atoms with van der Waals surface area (Å²) in [5.41, 5.74) is 18.9. The molecule has 1 heterocycles. The molecule has 0 aromatic carbocycles. The van der Waals surface area contributed by atoms with Crippen LogP contribution < -0.4 is 17.2 Å². The van der Waals surface area contributed by atoms with Gasteiger partial charge in [-0.3, -0.25) is 4.79 Å². The molecule has 0 atom stereocenters. The number of amides is 1. The highest BCUT2D eigenvalue weighted by Gasteiger charge is 2.33. The Bertz CT molecular complexity index is 524. The van der Waals surface area contributed by atoms with Gasteiger partial charge in [-0.1, -0.05) is 0 Å². The topological polar surface area (TPSA) is 98.4 Å². The number of primary amides is 1. The number of hydrogen-bond donors (Lipinski definition) is 3. The third-order valence-electron chi connectivity index (χ3n) is 4.39. The van der Waals surface area contributed by atoms with Crippen molar-refractivity contribution in [1.29, 1.82) is 0 Å². The Hall–Kier alpha value is -1.79. The summed E-state index contributed by atoms with van der Waals surface area (Å²) in [6.07, 6.45) is 1.86. The molecule has 0 aromatic rings. The van der Waals surface area contributed by atoms with Gasteiger partial charge in [0, 0.05) is 31.6 Å². The minimum Gasteiger partial charge on any atom is -0.402 e. The summed E-state index contributed by atoms with van der Waals surface area (Å²) in [7, 11) is 0. The van der Waals surface area contributed by atoms with Crippen molar-refractivity contribution in [3.8, 4) is 0 Å². The van der Waals surface area contributed by atoms with Crippen LogP contribution in [0.5, 0.6) is 0 Å². The molecule has 2 aliphatic rings. The maximum Gasteiger partial charge on any atom is 0.252 e. The lowest BCUT2D eigenvalue weighted by atomic mass is 10.0. The fourth-order valence-electron chi connectivity index (χ4n) is 2.81. The van der Waals surface area contributed by atoms with Crippen LogP contribution in [0.1, 0.15) is 39.0 Å². The quantitative estimate of drug-likeness (QED) is 0.539. The minimum atomic E-state index is -2.68.